The number of guanidine groups is 1. The Labute approximate surface area is 139 Å². The first-order valence-corrected chi connectivity index (χ1v) is 9.34. The third-order valence-corrected chi connectivity index (χ3v) is 5.16. The van der Waals surface area contributed by atoms with Crippen LogP contribution in [-0.2, 0) is 6.54 Å². The highest BCUT2D eigenvalue weighted by molar-refractivity contribution is 7.10. The van der Waals surface area contributed by atoms with E-state index in [1.54, 1.807) is 11.3 Å². The highest BCUT2D eigenvalue weighted by Gasteiger charge is 2.15. The minimum absolute atomic E-state index is 0.763. The largest absolute Gasteiger partial charge is 0.357 e. The van der Waals surface area contributed by atoms with Crippen LogP contribution in [0.4, 0.5) is 0 Å². The third kappa shape index (κ3) is 5.61. The first kappa shape index (κ1) is 17.3. The summed E-state index contributed by atoms with van der Waals surface area (Å²) in [7, 11) is 0. The van der Waals surface area contributed by atoms with Crippen molar-refractivity contribution in [2.24, 2.45) is 10.9 Å². The topological polar surface area (TPSA) is 39.7 Å². The molecule has 2 N–H and O–H groups in total. The van der Waals surface area contributed by atoms with Crippen molar-refractivity contribution in [2.45, 2.75) is 40.2 Å². The highest BCUT2D eigenvalue weighted by Crippen LogP contribution is 2.16. The fourth-order valence-electron chi connectivity index (χ4n) is 2.88. The number of aliphatic imine (C=N–C) groups is 1. The summed E-state index contributed by atoms with van der Waals surface area (Å²) >= 11 is 1.79. The molecular formula is C17H30N4S. The zero-order valence-electron chi connectivity index (χ0n) is 14.2. The second kappa shape index (κ2) is 9.16. The van der Waals surface area contributed by atoms with E-state index in [1.165, 1.54) is 36.4 Å². The lowest BCUT2D eigenvalue weighted by molar-refractivity contribution is 0.187. The van der Waals surface area contributed by atoms with E-state index in [9.17, 15) is 0 Å². The van der Waals surface area contributed by atoms with Gasteiger partial charge in [0, 0.05) is 31.1 Å². The molecule has 0 aromatic carbocycles. The Kier molecular flexibility index (Phi) is 7.19. The Hall–Kier alpha value is -1.07. The van der Waals surface area contributed by atoms with Crippen LogP contribution < -0.4 is 10.6 Å². The second-order valence-electron chi connectivity index (χ2n) is 6.20. The number of rotatable bonds is 6. The van der Waals surface area contributed by atoms with Crippen molar-refractivity contribution in [3.05, 3.63) is 21.9 Å². The molecule has 0 amide bonds. The molecule has 5 heteroatoms. The summed E-state index contributed by atoms with van der Waals surface area (Å²) in [4.78, 5) is 8.61. The smallest absolute Gasteiger partial charge is 0.191 e. The third-order valence-electron chi connectivity index (χ3n) is 4.15. The molecule has 124 valence electrons. The van der Waals surface area contributed by atoms with Gasteiger partial charge in [-0.25, -0.2) is 4.99 Å². The quantitative estimate of drug-likeness (QED) is 0.625. The Morgan fingerprint density at radius 3 is 3.00 bits per heavy atom. The molecule has 1 unspecified atom stereocenters. The van der Waals surface area contributed by atoms with Gasteiger partial charge < -0.3 is 15.5 Å². The number of nitrogens with one attached hydrogen (secondary N) is 2. The number of thiophene rings is 1. The summed E-state index contributed by atoms with van der Waals surface area (Å²) in [6.45, 7) is 12.8. The van der Waals surface area contributed by atoms with Crippen molar-refractivity contribution < 1.29 is 0 Å². The number of piperidine rings is 1. The lowest BCUT2D eigenvalue weighted by atomic mass is 10.0. The summed E-state index contributed by atoms with van der Waals surface area (Å²) in [6.07, 6.45) is 2.72. The molecule has 0 bridgehead atoms. The van der Waals surface area contributed by atoms with Crippen molar-refractivity contribution in [1.82, 2.24) is 15.5 Å². The minimum atomic E-state index is 0.763. The zero-order valence-corrected chi connectivity index (χ0v) is 15.0. The Morgan fingerprint density at radius 2 is 2.32 bits per heavy atom. The van der Waals surface area contributed by atoms with Gasteiger partial charge >= 0.3 is 0 Å². The number of hydrogen-bond acceptors (Lipinski definition) is 3. The van der Waals surface area contributed by atoms with Crippen LogP contribution in [0.25, 0.3) is 0 Å². The zero-order chi connectivity index (χ0) is 15.8. The van der Waals surface area contributed by atoms with Crippen LogP contribution in [0.5, 0.6) is 0 Å². The molecule has 1 aromatic heterocycles. The van der Waals surface area contributed by atoms with Crippen LogP contribution in [-0.4, -0.2) is 43.6 Å². The maximum absolute atomic E-state index is 4.70. The SMILES string of the molecule is CCNC(=NCc1sccc1C)NCCN1CCCC(C)C1. The predicted octanol–water partition coefficient (Wildman–Crippen LogP) is 2.84. The number of nitrogens with zero attached hydrogens (tertiary/aromatic N) is 2. The molecule has 1 aliphatic heterocycles. The van der Waals surface area contributed by atoms with Crippen LogP contribution >= 0.6 is 11.3 Å². The van der Waals surface area contributed by atoms with Crippen molar-refractivity contribution in [3.63, 3.8) is 0 Å². The van der Waals surface area contributed by atoms with Crippen molar-refractivity contribution in [1.29, 1.82) is 0 Å². The van der Waals surface area contributed by atoms with E-state index in [-0.39, 0.29) is 0 Å². The molecule has 1 aliphatic rings. The summed E-state index contributed by atoms with van der Waals surface area (Å²) in [5, 5.41) is 8.94. The van der Waals surface area contributed by atoms with Gasteiger partial charge in [0.25, 0.3) is 0 Å². The number of hydrogen-bond donors (Lipinski definition) is 2. The van der Waals surface area contributed by atoms with Crippen molar-refractivity contribution in [3.8, 4) is 0 Å². The monoisotopic (exact) mass is 322 g/mol. The average molecular weight is 323 g/mol. The maximum Gasteiger partial charge on any atom is 0.191 e. The van der Waals surface area contributed by atoms with Crippen LogP contribution in [0.1, 0.15) is 37.1 Å². The Balaban J connectivity index is 1.77. The molecule has 1 aromatic rings. The molecular weight excluding hydrogens is 292 g/mol. The van der Waals surface area contributed by atoms with Crippen LogP contribution in [0.2, 0.25) is 0 Å². The van der Waals surface area contributed by atoms with Gasteiger partial charge in [0.2, 0.25) is 0 Å². The molecule has 22 heavy (non-hydrogen) atoms. The van der Waals surface area contributed by atoms with Crippen LogP contribution in [0.3, 0.4) is 0 Å². The first-order chi connectivity index (χ1) is 10.7. The van der Waals surface area contributed by atoms with E-state index < -0.39 is 0 Å². The highest BCUT2D eigenvalue weighted by atomic mass is 32.1. The lowest BCUT2D eigenvalue weighted by Gasteiger charge is -2.30. The van der Waals surface area contributed by atoms with Crippen molar-refractivity contribution in [2.75, 3.05) is 32.7 Å². The van der Waals surface area contributed by atoms with E-state index in [0.717, 1.165) is 38.1 Å². The summed E-state index contributed by atoms with van der Waals surface area (Å²) in [5.41, 5.74) is 1.34. The van der Waals surface area contributed by atoms with E-state index >= 15 is 0 Å². The maximum atomic E-state index is 4.70. The molecule has 0 saturated carbocycles. The predicted molar refractivity (Wildman–Crippen MR) is 96.7 cm³/mol. The van der Waals surface area contributed by atoms with E-state index in [4.69, 9.17) is 4.99 Å². The first-order valence-electron chi connectivity index (χ1n) is 8.46. The average Bonchev–Trinajstić information content (AvgIpc) is 2.90. The Bertz CT molecular complexity index is 469. The van der Waals surface area contributed by atoms with Gasteiger partial charge in [0.15, 0.2) is 5.96 Å². The molecule has 1 fully saturated rings. The van der Waals surface area contributed by atoms with Crippen LogP contribution in [0.15, 0.2) is 16.4 Å². The summed E-state index contributed by atoms with van der Waals surface area (Å²) in [6, 6.07) is 2.16. The molecule has 2 heterocycles. The van der Waals surface area contributed by atoms with E-state index in [1.807, 2.05) is 0 Å². The molecule has 0 radical (unpaired) electrons. The molecule has 1 saturated heterocycles. The fourth-order valence-corrected chi connectivity index (χ4v) is 3.71. The van der Waals surface area contributed by atoms with Gasteiger partial charge in [-0.2, -0.15) is 0 Å². The number of aryl methyl sites for hydroxylation is 1. The summed E-state index contributed by atoms with van der Waals surface area (Å²) < 4.78 is 0. The molecule has 1 atom stereocenters. The van der Waals surface area contributed by atoms with Gasteiger partial charge in [0.1, 0.15) is 0 Å². The second-order valence-corrected chi connectivity index (χ2v) is 7.20. The molecule has 2 rings (SSSR count). The molecule has 0 aliphatic carbocycles. The van der Waals surface area contributed by atoms with Gasteiger partial charge in [-0.1, -0.05) is 6.92 Å². The van der Waals surface area contributed by atoms with Gasteiger partial charge in [0.05, 0.1) is 6.54 Å². The number of likely N-dealkylation sites (tertiary alicyclic amines) is 1. The Morgan fingerprint density at radius 1 is 1.45 bits per heavy atom. The van der Waals surface area contributed by atoms with Gasteiger partial charge in [-0.3, -0.25) is 0 Å². The van der Waals surface area contributed by atoms with Crippen LogP contribution in [0, 0.1) is 12.8 Å². The van der Waals surface area contributed by atoms with Gasteiger partial charge in [-0.15, -0.1) is 11.3 Å². The molecule has 0 spiro atoms. The fraction of sp³-hybridized carbons (Fsp3) is 0.706. The normalized spacial score (nSPS) is 20.1. The lowest BCUT2D eigenvalue weighted by Crippen LogP contribution is -2.43. The van der Waals surface area contributed by atoms with Crippen molar-refractivity contribution >= 4 is 17.3 Å². The van der Waals surface area contributed by atoms with Gasteiger partial charge in [-0.05, 0) is 56.2 Å². The molecule has 4 nitrogen and oxygen atoms in total. The minimum Gasteiger partial charge on any atom is -0.357 e. The van der Waals surface area contributed by atoms with E-state index in [0.29, 0.717) is 0 Å². The van der Waals surface area contributed by atoms with E-state index in [2.05, 4.69) is 47.8 Å². The standard InChI is InChI=1S/C17H30N4S/c1-4-18-17(20-12-16-15(3)7-11-22-16)19-8-10-21-9-5-6-14(2)13-21/h7,11,14H,4-6,8-10,12-13H2,1-3H3,(H2,18,19,20). The summed E-state index contributed by atoms with van der Waals surface area (Å²) in [5.74, 6) is 1.78.